The molecule has 0 aromatic rings. The van der Waals surface area contributed by atoms with Crippen LogP contribution in [0.5, 0.6) is 0 Å². The van der Waals surface area contributed by atoms with E-state index < -0.39 is 17.2 Å². The molecule has 7 rings (SSSR count). The van der Waals surface area contributed by atoms with Crippen LogP contribution >= 0.6 is 17.2 Å². The van der Waals surface area contributed by atoms with Crippen molar-refractivity contribution in [3.8, 4) is 0 Å². The van der Waals surface area contributed by atoms with E-state index in [1.807, 2.05) is 0 Å². The molecular formula is C6H6O6P2. The van der Waals surface area contributed by atoms with Gasteiger partial charge in [-0.3, -0.25) is 0 Å². The van der Waals surface area contributed by atoms with Crippen LogP contribution in [0.1, 0.15) is 0 Å². The van der Waals surface area contributed by atoms with Crippen LogP contribution < -0.4 is 0 Å². The lowest BCUT2D eigenvalue weighted by Gasteiger charge is -2.63. The van der Waals surface area contributed by atoms with Gasteiger partial charge < -0.3 is 27.1 Å². The molecule has 1 aliphatic carbocycles. The fourth-order valence-electron chi connectivity index (χ4n) is 2.59. The lowest BCUT2D eigenvalue weighted by molar-refractivity contribution is -0.299. The zero-order valence-electron chi connectivity index (χ0n) is 6.81. The summed E-state index contributed by atoms with van der Waals surface area (Å²) in [4.78, 5) is 0. The molecule has 8 heteroatoms. The minimum Gasteiger partial charge on any atom is -0.303 e. The van der Waals surface area contributed by atoms with Gasteiger partial charge in [0.15, 0.2) is 0 Å². The van der Waals surface area contributed by atoms with Crippen molar-refractivity contribution in [2.45, 2.75) is 36.6 Å². The highest BCUT2D eigenvalue weighted by Gasteiger charge is 2.71. The monoisotopic (exact) mass is 236 g/mol. The minimum absolute atomic E-state index is 0.00230. The number of hydrogen-bond donors (Lipinski definition) is 0. The molecule has 6 nitrogen and oxygen atoms in total. The average Bonchev–Trinajstić information content (AvgIpc) is 2.24. The molecule has 0 N–H and O–H groups in total. The molecule has 6 aliphatic heterocycles. The van der Waals surface area contributed by atoms with Gasteiger partial charge in [-0.25, -0.2) is 0 Å². The van der Waals surface area contributed by atoms with E-state index in [0.29, 0.717) is 0 Å². The summed E-state index contributed by atoms with van der Waals surface area (Å²) in [6, 6.07) is 0. The predicted octanol–water partition coefficient (Wildman–Crippen LogP) is 0.819. The van der Waals surface area contributed by atoms with E-state index in [4.69, 9.17) is 27.1 Å². The number of rotatable bonds is 0. The van der Waals surface area contributed by atoms with Crippen molar-refractivity contribution < 1.29 is 27.1 Å². The van der Waals surface area contributed by atoms with Crippen LogP contribution in [0, 0.1) is 0 Å². The van der Waals surface area contributed by atoms with E-state index in [1.54, 1.807) is 0 Å². The Morgan fingerprint density at radius 1 is 0.429 bits per heavy atom. The van der Waals surface area contributed by atoms with Crippen molar-refractivity contribution in [3.05, 3.63) is 0 Å². The zero-order valence-corrected chi connectivity index (χ0v) is 8.60. The summed E-state index contributed by atoms with van der Waals surface area (Å²) in [5.74, 6) is 0. The summed E-state index contributed by atoms with van der Waals surface area (Å²) in [5.41, 5.74) is 0. The van der Waals surface area contributed by atoms with Gasteiger partial charge in [0.1, 0.15) is 36.6 Å². The Bertz CT molecular complexity index is 225. The van der Waals surface area contributed by atoms with Gasteiger partial charge in [0.05, 0.1) is 0 Å². The van der Waals surface area contributed by atoms with E-state index >= 15 is 0 Å². The van der Waals surface area contributed by atoms with Crippen molar-refractivity contribution in [2.24, 2.45) is 0 Å². The first-order valence-electron chi connectivity index (χ1n) is 4.51. The second-order valence-electron chi connectivity index (χ2n) is 3.87. The maximum Gasteiger partial charge on any atom is 0.334 e. The highest BCUT2D eigenvalue weighted by molar-refractivity contribution is 7.43. The van der Waals surface area contributed by atoms with Gasteiger partial charge in [-0.2, -0.15) is 0 Å². The van der Waals surface area contributed by atoms with E-state index in [-0.39, 0.29) is 36.6 Å². The van der Waals surface area contributed by atoms with Gasteiger partial charge in [0, 0.05) is 0 Å². The van der Waals surface area contributed by atoms with Crippen molar-refractivity contribution in [3.63, 3.8) is 0 Å². The maximum absolute atomic E-state index is 5.58. The van der Waals surface area contributed by atoms with Gasteiger partial charge in [0.2, 0.25) is 0 Å². The molecule has 76 valence electrons. The van der Waals surface area contributed by atoms with Crippen LogP contribution in [-0.4, -0.2) is 36.6 Å². The molecule has 0 radical (unpaired) electrons. The lowest BCUT2D eigenvalue weighted by atomic mass is 9.85. The minimum atomic E-state index is -1.17. The third kappa shape index (κ3) is 0.721. The van der Waals surface area contributed by atoms with Gasteiger partial charge in [-0.15, -0.1) is 0 Å². The quantitative estimate of drug-likeness (QED) is 0.580. The van der Waals surface area contributed by atoms with Crippen LogP contribution in [0.4, 0.5) is 0 Å². The van der Waals surface area contributed by atoms with Gasteiger partial charge >= 0.3 is 17.2 Å². The van der Waals surface area contributed by atoms with E-state index in [9.17, 15) is 0 Å². The van der Waals surface area contributed by atoms with Crippen LogP contribution in [0.2, 0.25) is 0 Å². The third-order valence-electron chi connectivity index (χ3n) is 3.19. The van der Waals surface area contributed by atoms with Gasteiger partial charge in [-0.1, -0.05) is 0 Å². The second kappa shape index (κ2) is 2.31. The lowest BCUT2D eigenvalue weighted by Crippen LogP contribution is -2.74. The normalized spacial score (nSPS) is 72.0. The molecule has 0 amide bonds. The first kappa shape index (κ1) is 7.82. The molecule has 7 aliphatic rings. The Morgan fingerprint density at radius 3 is 0.857 bits per heavy atom. The molecule has 0 unspecified atom stereocenters. The fourth-order valence-corrected chi connectivity index (χ4v) is 5.52. The SMILES string of the molecule is O1C2C3OP4OC2C2OP1OC3C2O4. The molecule has 14 heavy (non-hydrogen) atoms. The van der Waals surface area contributed by atoms with Crippen LogP contribution in [0.3, 0.4) is 0 Å². The summed E-state index contributed by atoms with van der Waals surface area (Å²) in [5, 5.41) is 0. The Morgan fingerprint density at radius 2 is 0.643 bits per heavy atom. The molecule has 0 atom stereocenters. The van der Waals surface area contributed by atoms with E-state index in [0.717, 1.165) is 0 Å². The van der Waals surface area contributed by atoms with Crippen LogP contribution in [0.25, 0.3) is 0 Å². The first-order valence-corrected chi connectivity index (χ1v) is 6.70. The average molecular weight is 236 g/mol. The molecule has 0 aromatic carbocycles. The number of hydrogen-bond acceptors (Lipinski definition) is 6. The Balaban J connectivity index is 1.70. The van der Waals surface area contributed by atoms with Gasteiger partial charge in [0.25, 0.3) is 0 Å². The topological polar surface area (TPSA) is 55.4 Å². The van der Waals surface area contributed by atoms with Crippen LogP contribution in [-0.2, 0) is 27.1 Å². The van der Waals surface area contributed by atoms with Crippen LogP contribution in [0.15, 0.2) is 0 Å². The van der Waals surface area contributed by atoms with E-state index in [2.05, 4.69) is 0 Å². The Hall–Kier alpha value is 0.620. The molecule has 0 spiro atoms. The molecular weight excluding hydrogens is 230 g/mol. The molecule has 8 bridgehead atoms. The largest absolute Gasteiger partial charge is 0.334 e. The summed E-state index contributed by atoms with van der Waals surface area (Å²) >= 11 is 0. The molecule has 7 fully saturated rings. The molecule has 0 aromatic heterocycles. The summed E-state index contributed by atoms with van der Waals surface area (Å²) < 4.78 is 33.5. The molecule has 6 saturated heterocycles. The second-order valence-corrected chi connectivity index (χ2v) is 6.03. The Labute approximate surface area is 81.7 Å². The van der Waals surface area contributed by atoms with Crippen molar-refractivity contribution in [1.82, 2.24) is 0 Å². The molecule has 1 saturated carbocycles. The summed E-state index contributed by atoms with van der Waals surface area (Å²) in [7, 11) is -2.34. The van der Waals surface area contributed by atoms with Crippen molar-refractivity contribution in [1.29, 1.82) is 0 Å². The maximum atomic E-state index is 5.58. The first-order chi connectivity index (χ1) is 6.90. The van der Waals surface area contributed by atoms with Crippen molar-refractivity contribution >= 4 is 17.2 Å². The highest BCUT2D eigenvalue weighted by atomic mass is 31.2. The van der Waals surface area contributed by atoms with Crippen molar-refractivity contribution in [2.75, 3.05) is 0 Å². The summed E-state index contributed by atoms with van der Waals surface area (Å²) in [6.45, 7) is 0. The smallest absolute Gasteiger partial charge is 0.303 e. The Kier molecular flexibility index (Phi) is 1.29. The fraction of sp³-hybridized carbons (Fsp3) is 1.00. The summed E-state index contributed by atoms with van der Waals surface area (Å²) in [6.07, 6.45) is -0.0138. The van der Waals surface area contributed by atoms with E-state index in [1.165, 1.54) is 0 Å². The van der Waals surface area contributed by atoms with Gasteiger partial charge in [-0.05, 0) is 0 Å². The highest BCUT2D eigenvalue weighted by Crippen LogP contribution is 2.70. The zero-order chi connectivity index (χ0) is 8.86. The molecule has 6 heterocycles. The standard InChI is InChI=1S/C6H6O6P2/c7-1-2-4-6-5(11-13(7)10-4)3(1)9-14(8-2)12-6/h1-6H. The third-order valence-corrected chi connectivity index (χ3v) is 5.68. The predicted molar refractivity (Wildman–Crippen MR) is 43.1 cm³/mol.